The van der Waals surface area contributed by atoms with Crippen molar-refractivity contribution in [2.24, 2.45) is 0 Å². The number of hydrogen-bond donors (Lipinski definition) is 3. The highest BCUT2D eigenvalue weighted by atomic mass is 19.3. The minimum absolute atomic E-state index is 0.160. The van der Waals surface area contributed by atoms with Gasteiger partial charge in [0.1, 0.15) is 0 Å². The van der Waals surface area contributed by atoms with Crippen molar-refractivity contribution in [1.29, 1.82) is 0 Å². The number of piperidine rings is 1. The summed E-state index contributed by atoms with van der Waals surface area (Å²) in [5, 5.41) is 22.8. The van der Waals surface area contributed by atoms with Gasteiger partial charge in [-0.3, -0.25) is 4.90 Å². The first-order chi connectivity index (χ1) is 7.99. The smallest absolute Gasteiger partial charge is 0.250 e. The fourth-order valence-electron chi connectivity index (χ4n) is 2.58. The van der Waals surface area contributed by atoms with E-state index < -0.39 is 18.1 Å². The number of likely N-dealkylation sites (tertiary alicyclic amines) is 1. The van der Waals surface area contributed by atoms with E-state index in [1.54, 1.807) is 0 Å². The van der Waals surface area contributed by atoms with Gasteiger partial charge in [0.2, 0.25) is 0 Å². The Labute approximate surface area is 99.6 Å². The molecule has 0 aliphatic carbocycles. The van der Waals surface area contributed by atoms with Crippen LogP contribution in [0.25, 0.3) is 0 Å². The molecule has 0 aromatic heterocycles. The first-order valence-corrected chi connectivity index (χ1v) is 6.18. The Hall–Kier alpha value is -0.300. The summed E-state index contributed by atoms with van der Waals surface area (Å²) in [6.45, 7) is 1.76. The minimum atomic E-state index is -2.57. The highest BCUT2D eigenvalue weighted by molar-refractivity contribution is 4.91. The Bertz CT molecular complexity index is 256. The fourth-order valence-corrected chi connectivity index (χ4v) is 2.58. The Morgan fingerprint density at radius 1 is 1.18 bits per heavy atom. The second-order valence-corrected chi connectivity index (χ2v) is 5.01. The summed E-state index contributed by atoms with van der Waals surface area (Å²) in [6, 6.07) is -0.261. The predicted octanol–water partition coefficient (Wildman–Crippen LogP) is -0.199. The number of halogens is 2. The van der Waals surface area contributed by atoms with E-state index in [-0.39, 0.29) is 32.0 Å². The Balaban J connectivity index is 1.96. The number of hydrogen-bond acceptors (Lipinski definition) is 4. The van der Waals surface area contributed by atoms with E-state index in [4.69, 9.17) is 0 Å². The summed E-state index contributed by atoms with van der Waals surface area (Å²) in [5.41, 5.74) is 0. The molecule has 4 nitrogen and oxygen atoms in total. The van der Waals surface area contributed by atoms with Crippen molar-refractivity contribution in [3.63, 3.8) is 0 Å². The zero-order valence-corrected chi connectivity index (χ0v) is 9.78. The molecule has 17 heavy (non-hydrogen) atoms. The molecule has 100 valence electrons. The monoisotopic (exact) mass is 250 g/mol. The van der Waals surface area contributed by atoms with Crippen LogP contribution in [0.15, 0.2) is 0 Å². The molecule has 0 spiro atoms. The zero-order chi connectivity index (χ0) is 12.5. The number of rotatable bonds is 1. The maximum absolute atomic E-state index is 13.0. The Morgan fingerprint density at radius 3 is 2.47 bits per heavy atom. The molecule has 0 amide bonds. The highest BCUT2D eigenvalue weighted by Gasteiger charge is 2.39. The summed E-state index contributed by atoms with van der Waals surface area (Å²) in [4.78, 5) is 1.86. The summed E-state index contributed by atoms with van der Waals surface area (Å²) >= 11 is 0. The van der Waals surface area contributed by atoms with Crippen LogP contribution < -0.4 is 5.32 Å². The maximum atomic E-state index is 13.0. The lowest BCUT2D eigenvalue weighted by atomic mass is 9.99. The molecule has 0 aromatic carbocycles. The van der Waals surface area contributed by atoms with Gasteiger partial charge < -0.3 is 15.5 Å². The van der Waals surface area contributed by atoms with Gasteiger partial charge in [0.15, 0.2) is 0 Å². The second-order valence-electron chi connectivity index (χ2n) is 5.01. The van der Waals surface area contributed by atoms with Crippen molar-refractivity contribution in [2.75, 3.05) is 26.2 Å². The third-order valence-electron chi connectivity index (χ3n) is 3.76. The van der Waals surface area contributed by atoms with Gasteiger partial charge in [0, 0.05) is 32.5 Å². The largest absolute Gasteiger partial charge is 0.390 e. The van der Waals surface area contributed by atoms with Crippen LogP contribution in [0.2, 0.25) is 0 Å². The van der Waals surface area contributed by atoms with Crippen molar-refractivity contribution in [3.8, 4) is 0 Å². The molecule has 3 N–H and O–H groups in total. The van der Waals surface area contributed by atoms with E-state index >= 15 is 0 Å². The molecule has 0 saturated carbocycles. The van der Waals surface area contributed by atoms with Crippen molar-refractivity contribution in [1.82, 2.24) is 10.2 Å². The Morgan fingerprint density at radius 2 is 1.82 bits per heavy atom. The summed E-state index contributed by atoms with van der Waals surface area (Å²) in [6.07, 6.45) is -1.44. The molecule has 0 unspecified atom stereocenters. The van der Waals surface area contributed by atoms with Gasteiger partial charge in [0.25, 0.3) is 5.92 Å². The van der Waals surface area contributed by atoms with E-state index in [9.17, 15) is 19.0 Å². The molecular weight excluding hydrogens is 230 g/mol. The van der Waals surface area contributed by atoms with Crippen LogP contribution in [0.1, 0.15) is 19.3 Å². The quantitative estimate of drug-likeness (QED) is 0.603. The van der Waals surface area contributed by atoms with Crippen LogP contribution in [0.4, 0.5) is 8.78 Å². The van der Waals surface area contributed by atoms with Crippen molar-refractivity contribution in [3.05, 3.63) is 0 Å². The lowest BCUT2D eigenvalue weighted by Crippen LogP contribution is -2.54. The van der Waals surface area contributed by atoms with Crippen LogP contribution in [0.3, 0.4) is 0 Å². The number of nitrogens with zero attached hydrogens (tertiary/aromatic N) is 1. The van der Waals surface area contributed by atoms with Gasteiger partial charge in [-0.15, -0.1) is 0 Å². The maximum Gasteiger partial charge on any atom is 0.250 e. The van der Waals surface area contributed by atoms with Crippen LogP contribution in [0, 0.1) is 0 Å². The highest BCUT2D eigenvalue weighted by Crippen LogP contribution is 2.29. The molecule has 6 heteroatoms. The second kappa shape index (κ2) is 5.14. The third-order valence-corrected chi connectivity index (χ3v) is 3.76. The minimum Gasteiger partial charge on any atom is -0.390 e. The lowest BCUT2D eigenvalue weighted by Gasteiger charge is -2.39. The lowest BCUT2D eigenvalue weighted by molar-refractivity contribution is -0.0875. The van der Waals surface area contributed by atoms with E-state index in [1.807, 2.05) is 4.90 Å². The van der Waals surface area contributed by atoms with E-state index in [1.165, 1.54) is 0 Å². The summed E-state index contributed by atoms with van der Waals surface area (Å²) in [5.74, 6) is -2.57. The average molecular weight is 250 g/mol. The predicted molar refractivity (Wildman–Crippen MR) is 59.0 cm³/mol. The van der Waals surface area contributed by atoms with Crippen LogP contribution >= 0.6 is 0 Å². The van der Waals surface area contributed by atoms with Crippen LogP contribution in [-0.2, 0) is 0 Å². The van der Waals surface area contributed by atoms with Gasteiger partial charge in [-0.2, -0.15) is 0 Å². The van der Waals surface area contributed by atoms with Crippen molar-refractivity contribution >= 4 is 0 Å². The zero-order valence-electron chi connectivity index (χ0n) is 9.78. The van der Waals surface area contributed by atoms with E-state index in [0.717, 1.165) is 0 Å². The number of aliphatic hydroxyl groups excluding tert-OH is 2. The summed E-state index contributed by atoms with van der Waals surface area (Å²) < 4.78 is 26.1. The molecule has 3 atom stereocenters. The molecule has 0 radical (unpaired) electrons. The molecule has 0 aromatic rings. The van der Waals surface area contributed by atoms with E-state index in [0.29, 0.717) is 19.5 Å². The summed E-state index contributed by atoms with van der Waals surface area (Å²) in [7, 11) is 0. The van der Waals surface area contributed by atoms with Gasteiger partial charge in [-0.05, 0) is 13.0 Å². The number of nitrogens with one attached hydrogen (secondary N) is 1. The van der Waals surface area contributed by atoms with Gasteiger partial charge in [-0.25, -0.2) is 8.78 Å². The molecule has 2 aliphatic heterocycles. The molecule has 2 heterocycles. The van der Waals surface area contributed by atoms with Gasteiger partial charge >= 0.3 is 0 Å². The molecule has 0 bridgehead atoms. The SMILES string of the molecule is O[C@@H]1[C@H](O)CCNC[C@H]1N1CCC(F)(F)CC1. The topological polar surface area (TPSA) is 55.7 Å². The van der Waals surface area contributed by atoms with Gasteiger partial charge in [0.05, 0.1) is 18.2 Å². The van der Waals surface area contributed by atoms with Crippen molar-refractivity contribution in [2.45, 2.75) is 43.4 Å². The fraction of sp³-hybridized carbons (Fsp3) is 1.00. The molecule has 2 fully saturated rings. The normalized spacial score (nSPS) is 39.9. The molecule has 2 saturated heterocycles. The molecule has 2 aliphatic rings. The van der Waals surface area contributed by atoms with Gasteiger partial charge in [-0.1, -0.05) is 0 Å². The Kier molecular flexibility index (Phi) is 3.97. The van der Waals surface area contributed by atoms with E-state index in [2.05, 4.69) is 5.32 Å². The first kappa shape index (κ1) is 13.1. The number of alkyl halides is 2. The third kappa shape index (κ3) is 3.13. The average Bonchev–Trinajstić information content (AvgIpc) is 2.43. The molecule has 2 rings (SSSR count). The number of aliphatic hydroxyl groups is 2. The molecular formula is C11H20F2N2O2. The van der Waals surface area contributed by atoms with Crippen LogP contribution in [-0.4, -0.2) is 65.5 Å². The van der Waals surface area contributed by atoms with Crippen molar-refractivity contribution < 1.29 is 19.0 Å². The first-order valence-electron chi connectivity index (χ1n) is 6.18. The standard InChI is InChI=1S/C11H20F2N2O2/c12-11(13)2-5-15(6-3-11)8-7-14-4-1-9(16)10(8)17/h8-10,14,16-17H,1-7H2/t8-,9-,10+/m1/s1. The van der Waals surface area contributed by atoms with Crippen LogP contribution in [0.5, 0.6) is 0 Å².